The summed E-state index contributed by atoms with van der Waals surface area (Å²) in [6, 6.07) is 1.73. The minimum atomic E-state index is -0.700. The number of carbonyl (C=O) groups is 1. The van der Waals surface area contributed by atoms with E-state index in [-0.39, 0.29) is 5.91 Å². The Morgan fingerprint density at radius 3 is 2.67 bits per heavy atom. The van der Waals surface area contributed by atoms with Gasteiger partial charge < -0.3 is 5.32 Å². The summed E-state index contributed by atoms with van der Waals surface area (Å²) in [7, 11) is 0. The third-order valence-electron chi connectivity index (χ3n) is 2.20. The number of aromatic nitrogens is 2. The summed E-state index contributed by atoms with van der Waals surface area (Å²) in [6.07, 6.45) is 1.65. The van der Waals surface area contributed by atoms with Crippen molar-refractivity contribution in [1.82, 2.24) is 15.3 Å². The van der Waals surface area contributed by atoms with Crippen LogP contribution >= 0.6 is 0 Å². The normalized spacial score (nSPS) is 18.6. The molecule has 0 fully saturated rings. The van der Waals surface area contributed by atoms with Gasteiger partial charge in [0, 0.05) is 6.20 Å². The van der Waals surface area contributed by atoms with E-state index in [4.69, 9.17) is 0 Å². The summed E-state index contributed by atoms with van der Waals surface area (Å²) < 4.78 is 0. The summed E-state index contributed by atoms with van der Waals surface area (Å²) >= 11 is 0. The van der Waals surface area contributed by atoms with Gasteiger partial charge >= 0.3 is 0 Å². The van der Waals surface area contributed by atoms with Crippen LogP contribution in [0.5, 0.6) is 0 Å². The molecule has 2 rings (SSSR count). The molecule has 0 radical (unpaired) electrons. The molecule has 0 saturated carbocycles. The predicted molar refractivity (Wildman–Crippen MR) is 55.5 cm³/mol. The van der Waals surface area contributed by atoms with Crippen molar-refractivity contribution >= 4 is 11.7 Å². The van der Waals surface area contributed by atoms with Gasteiger partial charge in [-0.1, -0.05) is 0 Å². The molecule has 78 valence electrons. The molecule has 15 heavy (non-hydrogen) atoms. The van der Waals surface area contributed by atoms with E-state index in [0.29, 0.717) is 17.4 Å². The van der Waals surface area contributed by atoms with Gasteiger partial charge in [-0.2, -0.15) is 0 Å². The van der Waals surface area contributed by atoms with Crippen molar-refractivity contribution in [2.75, 3.05) is 0 Å². The van der Waals surface area contributed by atoms with Gasteiger partial charge in [-0.05, 0) is 26.8 Å². The van der Waals surface area contributed by atoms with Crippen LogP contribution in [-0.4, -0.2) is 27.2 Å². The van der Waals surface area contributed by atoms with Crippen molar-refractivity contribution < 1.29 is 4.79 Å². The molecule has 0 saturated heterocycles. The molecule has 1 aliphatic rings. The van der Waals surface area contributed by atoms with Crippen molar-refractivity contribution in [3.63, 3.8) is 0 Å². The highest BCUT2D eigenvalue weighted by atomic mass is 16.2. The molecule has 2 heterocycles. The number of amidine groups is 1. The van der Waals surface area contributed by atoms with Crippen LogP contribution in [0.2, 0.25) is 0 Å². The Kier molecular flexibility index (Phi) is 2.03. The Morgan fingerprint density at radius 2 is 2.13 bits per heavy atom. The third kappa shape index (κ3) is 1.72. The van der Waals surface area contributed by atoms with Gasteiger partial charge in [0.1, 0.15) is 17.1 Å². The highest BCUT2D eigenvalue weighted by Crippen LogP contribution is 2.16. The fraction of sp³-hybridized carbons (Fsp3) is 0.400. The number of hydrogen-bond acceptors (Lipinski definition) is 4. The number of amides is 1. The third-order valence-corrected chi connectivity index (χ3v) is 2.20. The van der Waals surface area contributed by atoms with Crippen molar-refractivity contribution in [1.29, 1.82) is 0 Å². The number of nitrogens with zero attached hydrogens (tertiary/aromatic N) is 3. The van der Waals surface area contributed by atoms with Crippen LogP contribution in [-0.2, 0) is 4.79 Å². The van der Waals surface area contributed by atoms with E-state index in [0.717, 1.165) is 0 Å². The summed E-state index contributed by atoms with van der Waals surface area (Å²) in [5, 5.41) is 2.71. The fourth-order valence-corrected chi connectivity index (χ4v) is 1.33. The lowest BCUT2D eigenvalue weighted by Gasteiger charge is -2.07. The van der Waals surface area contributed by atoms with Gasteiger partial charge in [0.25, 0.3) is 5.91 Å². The highest BCUT2D eigenvalue weighted by molar-refractivity contribution is 6.14. The molecule has 0 aliphatic carbocycles. The zero-order valence-corrected chi connectivity index (χ0v) is 8.90. The number of aliphatic imine (C=N–C) groups is 1. The molecule has 0 aromatic carbocycles. The quantitative estimate of drug-likeness (QED) is 0.721. The number of nitrogens with one attached hydrogen (secondary N) is 1. The summed E-state index contributed by atoms with van der Waals surface area (Å²) in [5.41, 5.74) is -0.0461. The molecular formula is C10H12N4O. The molecule has 1 aromatic heterocycles. The molecule has 1 aliphatic heterocycles. The van der Waals surface area contributed by atoms with Crippen LogP contribution in [0.4, 0.5) is 0 Å². The van der Waals surface area contributed by atoms with E-state index in [1.165, 1.54) is 0 Å². The second-order valence-electron chi connectivity index (χ2n) is 3.96. The molecule has 0 spiro atoms. The first-order valence-corrected chi connectivity index (χ1v) is 4.70. The van der Waals surface area contributed by atoms with Crippen LogP contribution in [0, 0.1) is 6.92 Å². The Balaban J connectivity index is 2.39. The number of hydrogen-bond donors (Lipinski definition) is 1. The average molecular weight is 204 g/mol. The topological polar surface area (TPSA) is 67.2 Å². The van der Waals surface area contributed by atoms with Crippen LogP contribution in [0.25, 0.3) is 0 Å². The molecule has 1 amide bonds. The number of rotatable bonds is 1. The zero-order chi connectivity index (χ0) is 11.1. The molecule has 0 bridgehead atoms. The van der Waals surface area contributed by atoms with Crippen LogP contribution in [0.3, 0.4) is 0 Å². The minimum absolute atomic E-state index is 0.103. The molecule has 1 N–H and O–H groups in total. The first kappa shape index (κ1) is 9.76. The van der Waals surface area contributed by atoms with Crippen LogP contribution < -0.4 is 5.32 Å². The Labute approximate surface area is 87.7 Å². The molecule has 0 atom stereocenters. The van der Waals surface area contributed by atoms with E-state index in [1.807, 2.05) is 0 Å². The maximum Gasteiger partial charge on any atom is 0.252 e. The molecule has 0 unspecified atom stereocenters. The summed E-state index contributed by atoms with van der Waals surface area (Å²) in [6.45, 7) is 5.33. The Morgan fingerprint density at radius 1 is 1.40 bits per heavy atom. The Bertz CT molecular complexity index is 450. The number of carbonyl (C=O) groups excluding carboxylic acids is 1. The van der Waals surface area contributed by atoms with E-state index in [2.05, 4.69) is 20.3 Å². The van der Waals surface area contributed by atoms with Crippen molar-refractivity contribution in [3.8, 4) is 0 Å². The molecule has 5 nitrogen and oxygen atoms in total. The smallest absolute Gasteiger partial charge is 0.252 e. The van der Waals surface area contributed by atoms with Gasteiger partial charge in [-0.3, -0.25) is 9.79 Å². The van der Waals surface area contributed by atoms with Crippen LogP contribution in [0.15, 0.2) is 17.3 Å². The van der Waals surface area contributed by atoms with Gasteiger partial charge in [-0.15, -0.1) is 0 Å². The van der Waals surface area contributed by atoms with Gasteiger partial charge in [0.05, 0.1) is 0 Å². The van der Waals surface area contributed by atoms with Gasteiger partial charge in [-0.25, -0.2) is 9.97 Å². The maximum atomic E-state index is 11.5. The van der Waals surface area contributed by atoms with Crippen LogP contribution in [0.1, 0.15) is 25.4 Å². The van der Waals surface area contributed by atoms with Crippen molar-refractivity contribution in [3.05, 3.63) is 23.8 Å². The van der Waals surface area contributed by atoms with E-state index < -0.39 is 5.54 Å². The lowest BCUT2D eigenvalue weighted by molar-refractivity contribution is -0.122. The Hall–Kier alpha value is -1.78. The first-order chi connectivity index (χ1) is 6.99. The fourth-order valence-electron chi connectivity index (χ4n) is 1.33. The van der Waals surface area contributed by atoms with E-state index >= 15 is 0 Å². The first-order valence-electron chi connectivity index (χ1n) is 4.70. The van der Waals surface area contributed by atoms with Gasteiger partial charge in [0.2, 0.25) is 0 Å². The summed E-state index contributed by atoms with van der Waals surface area (Å²) in [4.78, 5) is 24.0. The largest absolute Gasteiger partial charge is 0.307 e. The molecule has 5 heteroatoms. The average Bonchev–Trinajstić information content (AvgIpc) is 2.42. The lowest BCUT2D eigenvalue weighted by Crippen LogP contribution is -2.34. The second kappa shape index (κ2) is 3.12. The lowest BCUT2D eigenvalue weighted by atomic mass is 10.1. The minimum Gasteiger partial charge on any atom is -0.307 e. The SMILES string of the molecule is Cc1nccc(C2=NC(C)(C)C(=O)N2)n1. The van der Waals surface area contributed by atoms with Gasteiger partial charge in [0.15, 0.2) is 5.84 Å². The van der Waals surface area contributed by atoms with Crippen molar-refractivity contribution in [2.45, 2.75) is 26.3 Å². The number of aryl methyl sites for hydroxylation is 1. The van der Waals surface area contributed by atoms with E-state index in [9.17, 15) is 4.79 Å². The van der Waals surface area contributed by atoms with E-state index in [1.54, 1.807) is 33.0 Å². The van der Waals surface area contributed by atoms with Crippen molar-refractivity contribution in [2.24, 2.45) is 4.99 Å². The molecular weight excluding hydrogens is 192 g/mol. The maximum absolute atomic E-state index is 11.5. The summed E-state index contributed by atoms with van der Waals surface area (Å²) in [5.74, 6) is 1.08. The predicted octanol–water partition coefficient (Wildman–Crippen LogP) is 0.440. The standard InChI is InChI=1S/C10H12N4O/c1-6-11-5-4-7(12-6)8-13-9(15)10(2,3)14-8/h4-5H,1-3H3,(H,13,14,15). The highest BCUT2D eigenvalue weighted by Gasteiger charge is 2.34. The second-order valence-corrected chi connectivity index (χ2v) is 3.96. The molecule has 1 aromatic rings. The zero-order valence-electron chi connectivity index (χ0n) is 8.90. The monoisotopic (exact) mass is 204 g/mol.